The number of hydrogen-bond acceptors (Lipinski definition) is 3. The molecule has 1 heterocycles. The van der Waals surface area contributed by atoms with Crippen LogP contribution in [0, 0.1) is 11.7 Å². The summed E-state index contributed by atoms with van der Waals surface area (Å²) in [5.41, 5.74) is 3.95. The molecule has 116 valence electrons. The molecule has 2 aromatic carbocycles. The van der Waals surface area contributed by atoms with E-state index in [2.05, 4.69) is 34.4 Å². The fraction of sp³-hybridized carbons (Fsp3) is 0.118. The Morgan fingerprint density at radius 3 is 2.65 bits per heavy atom. The molecule has 0 amide bonds. The Morgan fingerprint density at radius 2 is 1.96 bits per heavy atom. The lowest BCUT2D eigenvalue weighted by molar-refractivity contribution is 0.864. The van der Waals surface area contributed by atoms with E-state index in [1.165, 1.54) is 5.56 Å². The summed E-state index contributed by atoms with van der Waals surface area (Å²) in [5.74, 6) is 0.629. The molecule has 0 aliphatic carbocycles. The zero-order valence-corrected chi connectivity index (χ0v) is 14.3. The number of nitrogens with one attached hydrogen (secondary N) is 1. The highest BCUT2D eigenvalue weighted by Gasteiger charge is 2.09. The number of aromatic amines is 1. The maximum atomic E-state index is 6.06. The SMILES string of the molecule is C/C(=N\n1c(-c2cccc(Cl)c2)n[nH]c1=S)c1ccc(C)cc1. The number of aryl methyl sites for hydroxylation is 1. The van der Waals surface area contributed by atoms with Crippen LogP contribution in [0.2, 0.25) is 5.02 Å². The topological polar surface area (TPSA) is 46.0 Å². The molecule has 23 heavy (non-hydrogen) atoms. The molecule has 0 spiro atoms. The van der Waals surface area contributed by atoms with Crippen molar-refractivity contribution in [2.45, 2.75) is 13.8 Å². The van der Waals surface area contributed by atoms with Crippen LogP contribution in [0.3, 0.4) is 0 Å². The molecule has 4 nitrogen and oxygen atoms in total. The molecule has 0 aliphatic rings. The molecule has 1 aromatic heterocycles. The second-order valence-electron chi connectivity index (χ2n) is 5.23. The van der Waals surface area contributed by atoms with Crippen molar-refractivity contribution in [3.8, 4) is 11.4 Å². The van der Waals surface area contributed by atoms with Gasteiger partial charge in [0.1, 0.15) is 0 Å². The number of rotatable bonds is 3. The lowest BCUT2D eigenvalue weighted by atomic mass is 10.1. The second-order valence-corrected chi connectivity index (χ2v) is 6.05. The summed E-state index contributed by atoms with van der Waals surface area (Å²) >= 11 is 11.4. The van der Waals surface area contributed by atoms with Gasteiger partial charge in [-0.2, -0.15) is 14.9 Å². The molecule has 0 aliphatic heterocycles. The van der Waals surface area contributed by atoms with Crippen LogP contribution in [0.4, 0.5) is 0 Å². The highest BCUT2D eigenvalue weighted by molar-refractivity contribution is 7.71. The summed E-state index contributed by atoms with van der Waals surface area (Å²) in [6, 6.07) is 15.6. The van der Waals surface area contributed by atoms with Gasteiger partial charge in [-0.25, -0.2) is 5.10 Å². The molecule has 1 N–H and O–H groups in total. The van der Waals surface area contributed by atoms with Gasteiger partial charge in [-0.15, -0.1) is 0 Å². The van der Waals surface area contributed by atoms with Crippen LogP contribution >= 0.6 is 23.8 Å². The van der Waals surface area contributed by atoms with Crippen LogP contribution in [0.5, 0.6) is 0 Å². The van der Waals surface area contributed by atoms with Crippen LogP contribution in [0.15, 0.2) is 53.6 Å². The summed E-state index contributed by atoms with van der Waals surface area (Å²) in [6.07, 6.45) is 0. The average molecular weight is 343 g/mol. The quantitative estimate of drug-likeness (QED) is 0.546. The van der Waals surface area contributed by atoms with Gasteiger partial charge in [-0.3, -0.25) is 0 Å². The molecule has 3 rings (SSSR count). The van der Waals surface area contributed by atoms with E-state index in [-0.39, 0.29) is 0 Å². The van der Waals surface area contributed by atoms with Crippen LogP contribution in [-0.4, -0.2) is 20.6 Å². The zero-order chi connectivity index (χ0) is 16.4. The maximum absolute atomic E-state index is 6.06. The number of benzene rings is 2. The minimum atomic E-state index is 0.437. The van der Waals surface area contributed by atoms with Gasteiger partial charge in [-0.05, 0) is 43.8 Å². The Hall–Kier alpha value is -2.24. The van der Waals surface area contributed by atoms with Gasteiger partial charge in [0, 0.05) is 10.6 Å². The summed E-state index contributed by atoms with van der Waals surface area (Å²) < 4.78 is 2.06. The van der Waals surface area contributed by atoms with Crippen molar-refractivity contribution in [1.29, 1.82) is 0 Å². The smallest absolute Gasteiger partial charge is 0.216 e. The molecule has 0 saturated heterocycles. The van der Waals surface area contributed by atoms with E-state index in [4.69, 9.17) is 23.8 Å². The van der Waals surface area contributed by atoms with Crippen LogP contribution in [0.25, 0.3) is 11.4 Å². The van der Waals surface area contributed by atoms with Crippen LogP contribution in [0.1, 0.15) is 18.1 Å². The lowest BCUT2D eigenvalue weighted by Crippen LogP contribution is -2.01. The van der Waals surface area contributed by atoms with Crippen LogP contribution in [-0.2, 0) is 0 Å². The summed E-state index contributed by atoms with van der Waals surface area (Å²) in [5, 5.41) is 12.3. The van der Waals surface area contributed by atoms with Gasteiger partial charge in [-0.1, -0.05) is 53.6 Å². The van der Waals surface area contributed by atoms with Gasteiger partial charge in [0.05, 0.1) is 5.71 Å². The van der Waals surface area contributed by atoms with E-state index in [0.717, 1.165) is 16.8 Å². The van der Waals surface area contributed by atoms with Crippen molar-refractivity contribution >= 4 is 29.5 Å². The Morgan fingerprint density at radius 1 is 1.22 bits per heavy atom. The Labute approximate surface area is 144 Å². The molecule has 0 saturated carbocycles. The number of hydrogen-bond donors (Lipinski definition) is 1. The summed E-state index contributed by atoms with van der Waals surface area (Å²) in [4.78, 5) is 0. The Balaban J connectivity index is 2.07. The number of nitrogens with zero attached hydrogens (tertiary/aromatic N) is 3. The van der Waals surface area contributed by atoms with Crippen molar-refractivity contribution in [2.75, 3.05) is 0 Å². The van der Waals surface area contributed by atoms with Gasteiger partial charge >= 0.3 is 0 Å². The van der Waals surface area contributed by atoms with Gasteiger partial charge < -0.3 is 0 Å². The van der Waals surface area contributed by atoms with E-state index in [9.17, 15) is 0 Å². The number of halogens is 1. The standard InChI is InChI=1S/C17H15ClN4S/c1-11-6-8-13(9-7-11)12(2)21-22-16(19-20-17(22)23)14-4-3-5-15(18)10-14/h3-10H,1-2H3,(H,20,23)/b21-12+. The first kappa shape index (κ1) is 15.6. The number of aromatic nitrogens is 3. The molecular formula is C17H15ClN4S. The molecule has 3 aromatic rings. The largest absolute Gasteiger partial charge is 0.250 e. The molecule has 0 fully saturated rings. The Bertz CT molecular complexity index is 922. The van der Waals surface area contributed by atoms with Crippen molar-refractivity contribution < 1.29 is 0 Å². The maximum Gasteiger partial charge on any atom is 0.216 e. The third-order valence-electron chi connectivity index (χ3n) is 3.45. The fourth-order valence-electron chi connectivity index (χ4n) is 2.20. The highest BCUT2D eigenvalue weighted by Crippen LogP contribution is 2.21. The van der Waals surface area contributed by atoms with Gasteiger partial charge in [0.2, 0.25) is 4.77 Å². The highest BCUT2D eigenvalue weighted by atomic mass is 35.5. The van der Waals surface area contributed by atoms with Gasteiger partial charge in [0.25, 0.3) is 0 Å². The number of H-pyrrole nitrogens is 1. The molecule has 0 unspecified atom stereocenters. The zero-order valence-electron chi connectivity index (χ0n) is 12.7. The van der Waals surface area contributed by atoms with Crippen LogP contribution < -0.4 is 0 Å². The predicted octanol–water partition coefficient (Wildman–Crippen LogP) is 4.84. The van der Waals surface area contributed by atoms with E-state index in [1.54, 1.807) is 4.68 Å². The van der Waals surface area contributed by atoms with E-state index < -0.39 is 0 Å². The van der Waals surface area contributed by atoms with Crippen molar-refractivity contribution in [3.05, 3.63) is 69.5 Å². The fourth-order valence-corrected chi connectivity index (χ4v) is 2.56. The minimum absolute atomic E-state index is 0.437. The first-order valence-corrected chi connectivity index (χ1v) is 7.89. The lowest BCUT2D eigenvalue weighted by Gasteiger charge is -2.05. The van der Waals surface area contributed by atoms with E-state index in [0.29, 0.717) is 15.6 Å². The first-order valence-electron chi connectivity index (χ1n) is 7.10. The van der Waals surface area contributed by atoms with Crippen molar-refractivity contribution in [3.63, 3.8) is 0 Å². The van der Waals surface area contributed by atoms with Crippen molar-refractivity contribution in [2.24, 2.45) is 5.10 Å². The van der Waals surface area contributed by atoms with Gasteiger partial charge in [0.15, 0.2) is 5.82 Å². The molecule has 0 atom stereocenters. The minimum Gasteiger partial charge on any atom is -0.250 e. The molecule has 0 bridgehead atoms. The summed E-state index contributed by atoms with van der Waals surface area (Å²) in [6.45, 7) is 4.00. The monoisotopic (exact) mass is 342 g/mol. The third kappa shape index (κ3) is 3.41. The molecular weight excluding hydrogens is 328 g/mol. The molecule has 6 heteroatoms. The average Bonchev–Trinajstić information content (AvgIpc) is 2.89. The second kappa shape index (κ2) is 6.48. The van der Waals surface area contributed by atoms with Crippen molar-refractivity contribution in [1.82, 2.24) is 14.9 Å². The third-order valence-corrected chi connectivity index (χ3v) is 3.95. The predicted molar refractivity (Wildman–Crippen MR) is 96.6 cm³/mol. The first-order chi connectivity index (χ1) is 11.0. The normalized spacial score (nSPS) is 11.7. The Kier molecular flexibility index (Phi) is 4.41. The summed E-state index contributed by atoms with van der Waals surface area (Å²) in [7, 11) is 0. The molecule has 0 radical (unpaired) electrons. The van der Waals surface area contributed by atoms with E-state index in [1.807, 2.05) is 43.3 Å². The van der Waals surface area contributed by atoms with E-state index >= 15 is 0 Å².